The van der Waals surface area contributed by atoms with Crippen LogP contribution in [0.1, 0.15) is 25.3 Å². The van der Waals surface area contributed by atoms with E-state index in [4.69, 9.17) is 0 Å². The van der Waals surface area contributed by atoms with E-state index >= 15 is 0 Å². The zero-order valence-corrected chi connectivity index (χ0v) is 10.7. The van der Waals surface area contributed by atoms with E-state index in [1.54, 1.807) is 0 Å². The lowest BCUT2D eigenvalue weighted by Gasteiger charge is -2.36. The van der Waals surface area contributed by atoms with Gasteiger partial charge in [-0.15, -0.1) is 0 Å². The molecule has 96 valence electrons. The Labute approximate surface area is 107 Å². The van der Waals surface area contributed by atoms with Gasteiger partial charge in [0.2, 0.25) is 0 Å². The van der Waals surface area contributed by atoms with Gasteiger partial charge >= 0.3 is 0 Å². The number of benzene rings is 1. The van der Waals surface area contributed by atoms with Gasteiger partial charge in [-0.25, -0.2) is 0 Å². The third kappa shape index (κ3) is 1.93. The number of hydrogen-bond acceptors (Lipinski definition) is 2. The molecule has 0 spiro atoms. The summed E-state index contributed by atoms with van der Waals surface area (Å²) in [6, 6.07) is 8.23. The molecule has 0 saturated carbocycles. The maximum absolute atomic E-state index is 10.9. The van der Waals surface area contributed by atoms with Crippen LogP contribution in [-0.4, -0.2) is 23.2 Å². The first-order valence-electron chi connectivity index (χ1n) is 6.68. The second-order valence-electron chi connectivity index (χ2n) is 5.47. The number of H-pyrrole nitrogens is 1. The molecule has 18 heavy (non-hydrogen) atoms. The summed E-state index contributed by atoms with van der Waals surface area (Å²) in [5.41, 5.74) is 1.39. The van der Waals surface area contributed by atoms with Crippen molar-refractivity contribution in [1.82, 2.24) is 10.3 Å². The van der Waals surface area contributed by atoms with E-state index in [1.165, 1.54) is 0 Å². The number of aromatic nitrogens is 1. The fourth-order valence-electron chi connectivity index (χ4n) is 2.94. The molecule has 1 saturated heterocycles. The molecule has 0 aliphatic carbocycles. The van der Waals surface area contributed by atoms with Crippen molar-refractivity contribution in [1.29, 1.82) is 0 Å². The van der Waals surface area contributed by atoms with E-state index in [0.717, 1.165) is 42.4 Å². The monoisotopic (exact) mass is 244 g/mol. The van der Waals surface area contributed by atoms with Gasteiger partial charge in [0, 0.05) is 24.2 Å². The quantitative estimate of drug-likeness (QED) is 0.759. The Balaban J connectivity index is 1.95. The second-order valence-corrected chi connectivity index (χ2v) is 5.47. The molecule has 1 aromatic heterocycles. The van der Waals surface area contributed by atoms with Gasteiger partial charge in [-0.1, -0.05) is 6.07 Å². The Morgan fingerprint density at radius 2 is 2.22 bits per heavy atom. The zero-order chi connectivity index (χ0) is 12.6. The summed E-state index contributed by atoms with van der Waals surface area (Å²) in [7, 11) is 0. The van der Waals surface area contributed by atoms with Gasteiger partial charge in [0.05, 0.1) is 5.60 Å². The maximum atomic E-state index is 10.9. The average molecular weight is 244 g/mol. The fraction of sp³-hybridized carbons (Fsp3) is 0.467. The minimum atomic E-state index is -0.751. The molecule has 1 aromatic carbocycles. The van der Waals surface area contributed by atoms with Crippen molar-refractivity contribution >= 4 is 10.9 Å². The predicted octanol–water partition coefficient (Wildman–Crippen LogP) is 2.38. The van der Waals surface area contributed by atoms with E-state index in [9.17, 15) is 5.11 Å². The van der Waals surface area contributed by atoms with E-state index in [2.05, 4.69) is 22.4 Å². The van der Waals surface area contributed by atoms with Crippen LogP contribution < -0.4 is 5.32 Å². The highest BCUT2D eigenvalue weighted by Gasteiger charge is 2.34. The zero-order valence-electron chi connectivity index (χ0n) is 10.7. The van der Waals surface area contributed by atoms with Gasteiger partial charge < -0.3 is 15.4 Å². The summed E-state index contributed by atoms with van der Waals surface area (Å²) in [6.45, 7) is 3.92. The van der Waals surface area contributed by atoms with Crippen molar-refractivity contribution in [2.45, 2.75) is 25.4 Å². The summed E-state index contributed by atoms with van der Waals surface area (Å²) in [6.07, 6.45) is 4.17. The summed E-state index contributed by atoms with van der Waals surface area (Å²) in [4.78, 5) is 3.18. The predicted molar refractivity (Wildman–Crippen MR) is 73.5 cm³/mol. The second kappa shape index (κ2) is 4.41. The minimum absolute atomic E-state index is 0.294. The molecule has 3 rings (SSSR count). The van der Waals surface area contributed by atoms with Gasteiger partial charge in [0.25, 0.3) is 0 Å². The number of nitrogens with one attached hydrogen (secondary N) is 2. The van der Waals surface area contributed by atoms with Crippen LogP contribution in [0, 0.1) is 5.92 Å². The first-order valence-corrected chi connectivity index (χ1v) is 6.68. The smallest absolute Gasteiger partial charge is 0.0908 e. The average Bonchev–Trinajstić information content (AvgIpc) is 2.87. The number of aromatic amines is 1. The lowest BCUT2D eigenvalue weighted by atomic mass is 9.78. The molecule has 2 unspecified atom stereocenters. The molecular weight excluding hydrogens is 224 g/mol. The van der Waals surface area contributed by atoms with Crippen molar-refractivity contribution in [3.05, 3.63) is 36.0 Å². The Morgan fingerprint density at radius 1 is 1.33 bits per heavy atom. The summed E-state index contributed by atoms with van der Waals surface area (Å²) in [5.74, 6) is 0.294. The minimum Gasteiger partial charge on any atom is -0.385 e. The number of fused-ring (bicyclic) bond motifs is 1. The Hall–Kier alpha value is -1.32. The molecule has 2 atom stereocenters. The molecule has 3 heteroatoms. The Morgan fingerprint density at radius 3 is 3.00 bits per heavy atom. The van der Waals surface area contributed by atoms with Gasteiger partial charge in [-0.2, -0.15) is 0 Å². The molecule has 0 amide bonds. The highest BCUT2D eigenvalue weighted by Crippen LogP contribution is 2.34. The van der Waals surface area contributed by atoms with E-state index < -0.39 is 5.60 Å². The number of piperidine rings is 1. The topological polar surface area (TPSA) is 48.0 Å². The van der Waals surface area contributed by atoms with Crippen LogP contribution >= 0.6 is 0 Å². The molecule has 3 N–H and O–H groups in total. The van der Waals surface area contributed by atoms with Gasteiger partial charge in [-0.05, 0) is 55.5 Å². The van der Waals surface area contributed by atoms with Crippen LogP contribution in [0.3, 0.4) is 0 Å². The van der Waals surface area contributed by atoms with Crippen molar-refractivity contribution in [2.75, 3.05) is 13.1 Å². The first kappa shape index (κ1) is 11.8. The number of hydrogen-bond donors (Lipinski definition) is 3. The molecule has 1 aliphatic heterocycles. The van der Waals surface area contributed by atoms with Gasteiger partial charge in [-0.3, -0.25) is 0 Å². The van der Waals surface area contributed by atoms with Crippen LogP contribution in [0.25, 0.3) is 10.9 Å². The number of aliphatic hydroxyl groups is 1. The van der Waals surface area contributed by atoms with Crippen LogP contribution in [0.4, 0.5) is 0 Å². The molecule has 1 aliphatic rings. The van der Waals surface area contributed by atoms with Crippen LogP contribution in [0.15, 0.2) is 30.5 Å². The Kier molecular flexibility index (Phi) is 2.88. The third-order valence-corrected chi connectivity index (χ3v) is 4.23. The summed E-state index contributed by atoms with van der Waals surface area (Å²) in [5, 5.41) is 15.4. The summed E-state index contributed by atoms with van der Waals surface area (Å²) >= 11 is 0. The SMILES string of the molecule is CC(O)(c1ccc2[nH]ccc2c1)C1CCCNC1. The van der Waals surface area contributed by atoms with Gasteiger partial charge in [0.1, 0.15) is 0 Å². The van der Waals surface area contributed by atoms with E-state index in [1.807, 2.05) is 25.3 Å². The highest BCUT2D eigenvalue weighted by atomic mass is 16.3. The molecular formula is C15H20N2O. The summed E-state index contributed by atoms with van der Waals surface area (Å²) < 4.78 is 0. The van der Waals surface area contributed by atoms with Crippen LogP contribution in [-0.2, 0) is 5.60 Å². The number of rotatable bonds is 2. The van der Waals surface area contributed by atoms with E-state index in [-0.39, 0.29) is 0 Å². The van der Waals surface area contributed by atoms with Crippen molar-refractivity contribution in [2.24, 2.45) is 5.92 Å². The first-order chi connectivity index (χ1) is 8.68. The molecule has 0 bridgehead atoms. The molecule has 2 heterocycles. The largest absolute Gasteiger partial charge is 0.385 e. The Bertz CT molecular complexity index is 538. The maximum Gasteiger partial charge on any atom is 0.0908 e. The molecule has 1 fully saturated rings. The van der Waals surface area contributed by atoms with E-state index in [0.29, 0.717) is 5.92 Å². The lowest BCUT2D eigenvalue weighted by molar-refractivity contribution is -0.0155. The van der Waals surface area contributed by atoms with Crippen molar-refractivity contribution in [3.63, 3.8) is 0 Å². The lowest BCUT2D eigenvalue weighted by Crippen LogP contribution is -2.42. The fourth-order valence-corrected chi connectivity index (χ4v) is 2.94. The standard InChI is InChI=1S/C15H20N2O/c1-15(18,13-3-2-7-16-10-13)12-4-5-14-11(9-12)6-8-17-14/h4-6,8-9,13,16-18H,2-3,7,10H2,1H3. The van der Waals surface area contributed by atoms with Gasteiger partial charge in [0.15, 0.2) is 0 Å². The molecule has 2 aromatic rings. The molecule has 0 radical (unpaired) electrons. The van der Waals surface area contributed by atoms with Crippen molar-refractivity contribution < 1.29 is 5.11 Å². The van der Waals surface area contributed by atoms with Crippen molar-refractivity contribution in [3.8, 4) is 0 Å². The molecule has 3 nitrogen and oxygen atoms in total. The highest BCUT2D eigenvalue weighted by molar-refractivity contribution is 5.80. The van der Waals surface area contributed by atoms with Crippen LogP contribution in [0.5, 0.6) is 0 Å². The third-order valence-electron chi connectivity index (χ3n) is 4.23. The van der Waals surface area contributed by atoms with Crippen LogP contribution in [0.2, 0.25) is 0 Å². The normalized spacial score (nSPS) is 24.0.